The lowest BCUT2D eigenvalue weighted by Gasteiger charge is -2.08. The van der Waals surface area contributed by atoms with Crippen molar-refractivity contribution in [3.05, 3.63) is 83.7 Å². The van der Waals surface area contributed by atoms with E-state index in [1.807, 2.05) is 55.5 Å². The zero-order chi connectivity index (χ0) is 21.0. The fraction of sp³-hybridized carbons (Fsp3) is 0.190. The van der Waals surface area contributed by atoms with Gasteiger partial charge in [0, 0.05) is 19.5 Å². The number of anilines is 1. The highest BCUT2D eigenvalue weighted by atomic mass is 32.2. The Labute approximate surface area is 175 Å². The first-order valence-corrected chi connectivity index (χ1v) is 11.0. The average Bonchev–Trinajstić information content (AvgIpc) is 3.15. The third-order valence-corrected chi connectivity index (χ3v) is 6.04. The van der Waals surface area contributed by atoms with Gasteiger partial charge in [0.2, 0.25) is 10.0 Å². The molecule has 30 heavy (non-hydrogen) atoms. The van der Waals surface area contributed by atoms with E-state index in [0.717, 1.165) is 11.1 Å². The molecule has 0 fully saturated rings. The number of sulfonamides is 1. The number of benzene rings is 2. The summed E-state index contributed by atoms with van der Waals surface area (Å²) in [7, 11) is -3.58. The molecule has 0 spiro atoms. The Balaban J connectivity index is 1.43. The van der Waals surface area contributed by atoms with Crippen molar-refractivity contribution in [3.63, 3.8) is 0 Å². The average molecular weight is 423 g/mol. The van der Waals surface area contributed by atoms with Crippen LogP contribution < -0.4 is 10.0 Å². The van der Waals surface area contributed by atoms with Crippen LogP contribution in [0.15, 0.2) is 71.6 Å². The first-order chi connectivity index (χ1) is 14.5. The molecule has 9 heteroatoms. The zero-order valence-electron chi connectivity index (χ0n) is 16.5. The summed E-state index contributed by atoms with van der Waals surface area (Å²) in [5.41, 5.74) is 2.65. The topological polar surface area (TPSA) is 101 Å². The standard InChI is InChI=1S/C21H22N6O2S/c1-16-6-5-9-18(14-16)30(28,29)23-13-12-21-25-24-20-11-10-19(26-27(20)21)22-15-17-7-3-2-4-8-17/h2-11,14,23H,12-13,15H2,1H3,(H,22,26). The molecule has 154 valence electrons. The number of aryl methyl sites for hydroxylation is 1. The third-order valence-electron chi connectivity index (χ3n) is 4.58. The lowest BCUT2D eigenvalue weighted by atomic mass is 10.2. The molecule has 0 radical (unpaired) electrons. The van der Waals surface area contributed by atoms with Crippen LogP contribution in [0.4, 0.5) is 5.82 Å². The van der Waals surface area contributed by atoms with Crippen molar-refractivity contribution >= 4 is 21.5 Å². The summed E-state index contributed by atoms with van der Waals surface area (Å²) in [4.78, 5) is 0.249. The molecule has 2 aromatic heterocycles. The molecule has 2 aromatic carbocycles. The Hall–Kier alpha value is -3.30. The van der Waals surface area contributed by atoms with Crippen molar-refractivity contribution < 1.29 is 8.42 Å². The number of nitrogens with zero attached hydrogens (tertiary/aromatic N) is 4. The third kappa shape index (κ3) is 4.64. The number of nitrogens with one attached hydrogen (secondary N) is 2. The van der Waals surface area contributed by atoms with Crippen molar-refractivity contribution in [2.45, 2.75) is 24.8 Å². The molecule has 2 heterocycles. The Morgan fingerprint density at radius 3 is 2.60 bits per heavy atom. The molecule has 0 aliphatic rings. The minimum atomic E-state index is -3.58. The second-order valence-electron chi connectivity index (χ2n) is 6.91. The lowest BCUT2D eigenvalue weighted by Crippen LogP contribution is -2.26. The molecule has 8 nitrogen and oxygen atoms in total. The van der Waals surface area contributed by atoms with Crippen LogP contribution in [0.3, 0.4) is 0 Å². The molecule has 0 unspecified atom stereocenters. The van der Waals surface area contributed by atoms with Gasteiger partial charge in [-0.15, -0.1) is 15.3 Å². The van der Waals surface area contributed by atoms with Crippen LogP contribution in [0.1, 0.15) is 17.0 Å². The molecule has 4 aromatic rings. The Kier molecular flexibility index (Phi) is 5.73. The second kappa shape index (κ2) is 8.60. The molecular formula is C21H22N6O2S. The van der Waals surface area contributed by atoms with E-state index in [2.05, 4.69) is 25.3 Å². The SMILES string of the molecule is Cc1cccc(S(=O)(=O)NCCc2nnc3ccc(NCc4ccccc4)nn23)c1. The van der Waals surface area contributed by atoms with Crippen LogP contribution in [-0.4, -0.2) is 34.8 Å². The maximum Gasteiger partial charge on any atom is 0.240 e. The van der Waals surface area contributed by atoms with Gasteiger partial charge in [-0.05, 0) is 42.3 Å². The van der Waals surface area contributed by atoms with E-state index in [1.54, 1.807) is 22.7 Å². The van der Waals surface area contributed by atoms with Gasteiger partial charge in [0.1, 0.15) is 5.82 Å². The first kappa shape index (κ1) is 20.0. The van der Waals surface area contributed by atoms with Gasteiger partial charge in [-0.25, -0.2) is 13.1 Å². The van der Waals surface area contributed by atoms with Crippen molar-refractivity contribution in [2.75, 3.05) is 11.9 Å². The number of hydrogen-bond donors (Lipinski definition) is 2. The van der Waals surface area contributed by atoms with Gasteiger partial charge in [0.25, 0.3) is 0 Å². The number of aromatic nitrogens is 4. The van der Waals surface area contributed by atoms with Gasteiger partial charge in [-0.1, -0.05) is 42.5 Å². The number of hydrogen-bond acceptors (Lipinski definition) is 6. The fourth-order valence-electron chi connectivity index (χ4n) is 3.04. The minimum absolute atomic E-state index is 0.195. The maximum atomic E-state index is 12.5. The maximum absolute atomic E-state index is 12.5. The molecule has 0 bridgehead atoms. The van der Waals surface area contributed by atoms with E-state index < -0.39 is 10.0 Å². The number of fused-ring (bicyclic) bond motifs is 1. The predicted molar refractivity (Wildman–Crippen MR) is 115 cm³/mol. The van der Waals surface area contributed by atoms with Crippen molar-refractivity contribution in [2.24, 2.45) is 0 Å². The molecule has 0 saturated heterocycles. The van der Waals surface area contributed by atoms with E-state index in [4.69, 9.17) is 0 Å². The molecule has 0 atom stereocenters. The molecule has 0 aliphatic heterocycles. The minimum Gasteiger partial charge on any atom is -0.365 e. The van der Waals surface area contributed by atoms with E-state index in [0.29, 0.717) is 30.3 Å². The largest absolute Gasteiger partial charge is 0.365 e. The Bertz CT molecular complexity index is 1250. The summed E-state index contributed by atoms with van der Waals surface area (Å²) in [6, 6.07) is 20.5. The molecule has 0 saturated carbocycles. The molecule has 0 amide bonds. The van der Waals surface area contributed by atoms with Crippen LogP contribution in [0.2, 0.25) is 0 Å². The molecule has 2 N–H and O–H groups in total. The highest BCUT2D eigenvalue weighted by Crippen LogP contribution is 2.12. The predicted octanol–water partition coefficient (Wildman–Crippen LogP) is 2.57. The van der Waals surface area contributed by atoms with E-state index in [1.165, 1.54) is 0 Å². The molecule has 0 aliphatic carbocycles. The molecule has 4 rings (SSSR count). The summed E-state index contributed by atoms with van der Waals surface area (Å²) in [5.74, 6) is 1.27. The Morgan fingerprint density at radius 2 is 1.80 bits per heavy atom. The molecular weight excluding hydrogens is 400 g/mol. The summed E-state index contributed by atoms with van der Waals surface area (Å²) in [5, 5.41) is 16.1. The second-order valence-corrected chi connectivity index (χ2v) is 8.68. The van der Waals surface area contributed by atoms with Crippen LogP contribution >= 0.6 is 0 Å². The van der Waals surface area contributed by atoms with Gasteiger partial charge in [0.15, 0.2) is 11.5 Å². The van der Waals surface area contributed by atoms with E-state index >= 15 is 0 Å². The van der Waals surface area contributed by atoms with Gasteiger partial charge in [-0.2, -0.15) is 4.52 Å². The zero-order valence-corrected chi connectivity index (χ0v) is 17.3. The van der Waals surface area contributed by atoms with Crippen LogP contribution in [0, 0.1) is 6.92 Å². The van der Waals surface area contributed by atoms with Gasteiger partial charge < -0.3 is 5.32 Å². The van der Waals surface area contributed by atoms with E-state index in [-0.39, 0.29) is 11.4 Å². The first-order valence-electron chi connectivity index (χ1n) is 9.57. The van der Waals surface area contributed by atoms with Crippen molar-refractivity contribution in [1.82, 2.24) is 24.5 Å². The quantitative estimate of drug-likeness (QED) is 0.453. The summed E-state index contributed by atoms with van der Waals surface area (Å²) >= 11 is 0. The number of rotatable bonds is 8. The fourth-order valence-corrected chi connectivity index (χ4v) is 4.17. The highest BCUT2D eigenvalue weighted by molar-refractivity contribution is 7.89. The van der Waals surface area contributed by atoms with Crippen LogP contribution in [0.5, 0.6) is 0 Å². The monoisotopic (exact) mass is 422 g/mol. The Morgan fingerprint density at radius 1 is 0.967 bits per heavy atom. The van der Waals surface area contributed by atoms with Gasteiger partial charge in [0.05, 0.1) is 4.90 Å². The normalized spacial score (nSPS) is 11.6. The summed E-state index contributed by atoms with van der Waals surface area (Å²) in [6.07, 6.45) is 0.362. The van der Waals surface area contributed by atoms with E-state index in [9.17, 15) is 8.42 Å². The lowest BCUT2D eigenvalue weighted by molar-refractivity contribution is 0.580. The van der Waals surface area contributed by atoms with Crippen molar-refractivity contribution in [3.8, 4) is 0 Å². The van der Waals surface area contributed by atoms with Gasteiger partial charge >= 0.3 is 0 Å². The smallest absolute Gasteiger partial charge is 0.240 e. The van der Waals surface area contributed by atoms with Gasteiger partial charge in [-0.3, -0.25) is 0 Å². The summed E-state index contributed by atoms with van der Waals surface area (Å²) in [6.45, 7) is 2.70. The van der Waals surface area contributed by atoms with Crippen LogP contribution in [-0.2, 0) is 23.0 Å². The highest BCUT2D eigenvalue weighted by Gasteiger charge is 2.15. The summed E-state index contributed by atoms with van der Waals surface area (Å²) < 4.78 is 29.2. The van der Waals surface area contributed by atoms with Crippen molar-refractivity contribution in [1.29, 1.82) is 0 Å². The van der Waals surface area contributed by atoms with Crippen LogP contribution in [0.25, 0.3) is 5.65 Å².